The van der Waals surface area contributed by atoms with Crippen LogP contribution in [0.5, 0.6) is 0 Å². The van der Waals surface area contributed by atoms with Gasteiger partial charge in [-0.1, -0.05) is 0 Å². The summed E-state index contributed by atoms with van der Waals surface area (Å²) >= 11 is 0. The first-order valence-corrected chi connectivity index (χ1v) is 4.53. The van der Waals surface area contributed by atoms with Crippen LogP contribution in [0.3, 0.4) is 0 Å². The highest BCUT2D eigenvalue weighted by Gasteiger charge is 2.38. The Bertz CT molecular complexity index is 253. The Hall–Kier alpha value is -1.31. The van der Waals surface area contributed by atoms with Gasteiger partial charge in [0.1, 0.15) is 0 Å². The maximum absolute atomic E-state index is 11.7. The summed E-state index contributed by atoms with van der Waals surface area (Å²) in [5.41, 5.74) is 0. The number of carbonyl (C=O) groups is 2. The van der Waals surface area contributed by atoms with Crippen molar-refractivity contribution in [3.63, 3.8) is 0 Å². The van der Waals surface area contributed by atoms with Crippen LogP contribution >= 0.6 is 0 Å². The number of hydrogen-bond donors (Lipinski definition) is 3. The maximum Gasteiger partial charge on any atom is 0.471 e. The third-order valence-electron chi connectivity index (χ3n) is 1.49. The highest BCUT2D eigenvalue weighted by atomic mass is 19.4. The van der Waals surface area contributed by atoms with Crippen molar-refractivity contribution in [2.75, 3.05) is 13.1 Å². The minimum absolute atomic E-state index is 0.0199. The molecule has 8 heteroatoms. The van der Waals surface area contributed by atoms with E-state index < -0.39 is 30.6 Å². The number of amides is 2. The minimum atomic E-state index is -4.93. The van der Waals surface area contributed by atoms with E-state index in [0.29, 0.717) is 0 Å². The summed E-state index contributed by atoms with van der Waals surface area (Å²) in [4.78, 5) is 21.2. The molecule has 0 heterocycles. The topological polar surface area (TPSA) is 78.4 Å². The second-order valence-corrected chi connectivity index (χ2v) is 3.16. The molecule has 3 N–H and O–H groups in total. The molecule has 2 amide bonds. The lowest BCUT2D eigenvalue weighted by Gasteiger charge is -2.09. The van der Waals surface area contributed by atoms with Gasteiger partial charge in [-0.3, -0.25) is 9.59 Å². The molecular weight excluding hydrogens is 229 g/mol. The largest absolute Gasteiger partial charge is 0.471 e. The van der Waals surface area contributed by atoms with E-state index in [9.17, 15) is 22.8 Å². The van der Waals surface area contributed by atoms with Gasteiger partial charge >= 0.3 is 12.1 Å². The predicted molar refractivity (Wildman–Crippen MR) is 48.4 cm³/mol. The number of carbonyl (C=O) groups excluding carboxylic acids is 2. The molecule has 0 radical (unpaired) electrons. The first-order valence-electron chi connectivity index (χ1n) is 4.53. The van der Waals surface area contributed by atoms with Gasteiger partial charge in [0.15, 0.2) is 0 Å². The van der Waals surface area contributed by atoms with Crippen LogP contribution in [-0.4, -0.2) is 42.3 Å². The van der Waals surface area contributed by atoms with Gasteiger partial charge in [-0.05, 0) is 6.92 Å². The minimum Gasteiger partial charge on any atom is -0.392 e. The Morgan fingerprint density at radius 2 is 1.88 bits per heavy atom. The fourth-order valence-corrected chi connectivity index (χ4v) is 0.740. The van der Waals surface area contributed by atoms with E-state index >= 15 is 0 Å². The molecule has 0 rings (SSSR count). The zero-order valence-corrected chi connectivity index (χ0v) is 8.60. The Labute approximate surface area is 90.0 Å². The zero-order valence-electron chi connectivity index (χ0n) is 8.60. The fourth-order valence-electron chi connectivity index (χ4n) is 0.740. The average molecular weight is 242 g/mol. The lowest BCUT2D eigenvalue weighted by molar-refractivity contribution is -0.173. The van der Waals surface area contributed by atoms with Crippen molar-refractivity contribution >= 4 is 11.8 Å². The third kappa shape index (κ3) is 7.04. The van der Waals surface area contributed by atoms with Gasteiger partial charge in [0.25, 0.3) is 0 Å². The van der Waals surface area contributed by atoms with E-state index in [2.05, 4.69) is 5.32 Å². The van der Waals surface area contributed by atoms with Gasteiger partial charge in [-0.15, -0.1) is 0 Å². The molecule has 0 fully saturated rings. The molecular formula is C8H13F3N2O3. The van der Waals surface area contributed by atoms with Crippen molar-refractivity contribution in [2.24, 2.45) is 0 Å². The fraction of sp³-hybridized carbons (Fsp3) is 0.750. The quantitative estimate of drug-likeness (QED) is 0.611. The van der Waals surface area contributed by atoms with Crippen LogP contribution in [0.2, 0.25) is 0 Å². The highest BCUT2D eigenvalue weighted by Crippen LogP contribution is 2.13. The molecule has 0 aliphatic rings. The Balaban J connectivity index is 3.67. The predicted octanol–water partition coefficient (Wildman–Crippen LogP) is -0.448. The standard InChI is InChI=1S/C8H13F3N2O3/c1-5(14)4-13-6(15)2-3-12-7(16)8(9,10)11/h5,14H,2-4H2,1H3,(H,12,16)(H,13,15). The summed E-state index contributed by atoms with van der Waals surface area (Å²) in [6, 6.07) is 0. The second-order valence-electron chi connectivity index (χ2n) is 3.16. The molecule has 0 aromatic heterocycles. The number of hydrogen-bond acceptors (Lipinski definition) is 3. The zero-order chi connectivity index (χ0) is 12.8. The number of nitrogens with one attached hydrogen (secondary N) is 2. The van der Waals surface area contributed by atoms with Gasteiger partial charge in [-0.2, -0.15) is 13.2 Å². The molecule has 0 aliphatic carbocycles. The Morgan fingerprint density at radius 3 is 2.31 bits per heavy atom. The van der Waals surface area contributed by atoms with Crippen molar-refractivity contribution in [3.8, 4) is 0 Å². The smallest absolute Gasteiger partial charge is 0.392 e. The summed E-state index contributed by atoms with van der Waals surface area (Å²) in [5, 5.41) is 12.6. The monoisotopic (exact) mass is 242 g/mol. The Kier molecular flexibility index (Phi) is 5.79. The number of rotatable bonds is 5. The lowest BCUT2D eigenvalue weighted by atomic mass is 10.3. The van der Waals surface area contributed by atoms with Crippen molar-refractivity contribution in [1.29, 1.82) is 0 Å². The van der Waals surface area contributed by atoms with E-state index in [4.69, 9.17) is 5.11 Å². The van der Waals surface area contributed by atoms with Crippen molar-refractivity contribution in [3.05, 3.63) is 0 Å². The molecule has 0 spiro atoms. The molecule has 0 saturated carbocycles. The van der Waals surface area contributed by atoms with E-state index in [1.165, 1.54) is 6.92 Å². The lowest BCUT2D eigenvalue weighted by Crippen LogP contribution is -2.39. The summed E-state index contributed by atoms with van der Waals surface area (Å²) in [7, 11) is 0. The molecule has 0 bridgehead atoms. The first-order chi connectivity index (χ1) is 7.23. The third-order valence-corrected chi connectivity index (χ3v) is 1.49. The number of aliphatic hydroxyl groups excluding tert-OH is 1. The van der Waals surface area contributed by atoms with Gasteiger partial charge in [-0.25, -0.2) is 0 Å². The summed E-state index contributed by atoms with van der Waals surface area (Å²) in [6.45, 7) is 1.07. The number of halogens is 3. The first kappa shape index (κ1) is 14.7. The van der Waals surface area contributed by atoms with Crippen LogP contribution in [0.1, 0.15) is 13.3 Å². The summed E-state index contributed by atoms with van der Waals surface area (Å²) < 4.78 is 35.0. The van der Waals surface area contributed by atoms with Gasteiger partial charge < -0.3 is 15.7 Å². The van der Waals surface area contributed by atoms with E-state index in [0.717, 1.165) is 0 Å². The molecule has 0 saturated heterocycles. The van der Waals surface area contributed by atoms with E-state index in [1.807, 2.05) is 0 Å². The van der Waals surface area contributed by atoms with Crippen molar-refractivity contribution < 1.29 is 27.9 Å². The summed E-state index contributed by atoms with van der Waals surface area (Å²) in [5.74, 6) is -2.61. The van der Waals surface area contributed by atoms with Crippen LogP contribution in [0.15, 0.2) is 0 Å². The molecule has 1 unspecified atom stereocenters. The van der Waals surface area contributed by atoms with Gasteiger partial charge in [0.2, 0.25) is 5.91 Å². The Morgan fingerprint density at radius 1 is 1.31 bits per heavy atom. The van der Waals surface area contributed by atoms with Crippen LogP contribution in [0, 0.1) is 0 Å². The number of alkyl halides is 3. The van der Waals surface area contributed by atoms with Gasteiger partial charge in [0, 0.05) is 19.5 Å². The molecule has 0 aromatic carbocycles. The molecule has 5 nitrogen and oxygen atoms in total. The molecule has 0 aromatic rings. The molecule has 1 atom stereocenters. The molecule has 16 heavy (non-hydrogen) atoms. The normalized spacial score (nSPS) is 13.1. The van der Waals surface area contributed by atoms with Crippen LogP contribution < -0.4 is 10.6 Å². The van der Waals surface area contributed by atoms with Crippen molar-refractivity contribution in [1.82, 2.24) is 10.6 Å². The van der Waals surface area contributed by atoms with Crippen LogP contribution in [-0.2, 0) is 9.59 Å². The highest BCUT2D eigenvalue weighted by molar-refractivity contribution is 5.82. The van der Waals surface area contributed by atoms with Crippen LogP contribution in [0.4, 0.5) is 13.2 Å². The van der Waals surface area contributed by atoms with E-state index in [1.54, 1.807) is 5.32 Å². The average Bonchev–Trinajstić information content (AvgIpc) is 2.13. The number of aliphatic hydroxyl groups is 1. The van der Waals surface area contributed by atoms with Gasteiger partial charge in [0.05, 0.1) is 6.10 Å². The molecule has 94 valence electrons. The van der Waals surface area contributed by atoms with E-state index in [-0.39, 0.29) is 13.0 Å². The maximum atomic E-state index is 11.7. The summed E-state index contributed by atoms with van der Waals surface area (Å²) in [6.07, 6.45) is -5.93. The molecule has 0 aliphatic heterocycles. The SMILES string of the molecule is CC(O)CNC(=O)CCNC(=O)C(F)(F)F. The van der Waals surface area contributed by atoms with Crippen molar-refractivity contribution in [2.45, 2.75) is 25.6 Å². The second kappa shape index (κ2) is 6.31. The van der Waals surface area contributed by atoms with Crippen LogP contribution in [0.25, 0.3) is 0 Å².